The Hall–Kier alpha value is -1.99. The normalized spacial score (nSPS) is 24.7. The molecule has 0 radical (unpaired) electrons. The van der Waals surface area contributed by atoms with Crippen molar-refractivity contribution in [3.63, 3.8) is 0 Å². The lowest BCUT2D eigenvalue weighted by Crippen LogP contribution is -2.44. The molecule has 22 heavy (non-hydrogen) atoms. The molecule has 2 unspecified atom stereocenters. The van der Waals surface area contributed by atoms with Gasteiger partial charge in [-0.2, -0.15) is 5.21 Å². The van der Waals surface area contributed by atoms with Gasteiger partial charge in [0, 0.05) is 19.1 Å². The van der Waals surface area contributed by atoms with Gasteiger partial charge in [0.15, 0.2) is 5.82 Å². The number of rotatable bonds is 4. The standard InChI is InChI=1S/C14H22N8/c1-2-21-13(9-12-15-19-20-16-12)17-18-14(21)22-8-4-6-10-5-3-7-11(10)22/h10-11H,2-9H2,1H3,(H,15,16,19,20). The summed E-state index contributed by atoms with van der Waals surface area (Å²) in [4.78, 5) is 2.50. The van der Waals surface area contributed by atoms with E-state index in [-0.39, 0.29) is 0 Å². The summed E-state index contributed by atoms with van der Waals surface area (Å²) < 4.78 is 2.21. The summed E-state index contributed by atoms with van der Waals surface area (Å²) in [7, 11) is 0. The molecule has 8 heteroatoms. The van der Waals surface area contributed by atoms with Crippen molar-refractivity contribution in [2.24, 2.45) is 5.92 Å². The molecule has 118 valence electrons. The fraction of sp³-hybridized carbons (Fsp3) is 0.786. The third-order valence-electron chi connectivity index (χ3n) is 5.08. The summed E-state index contributed by atoms with van der Waals surface area (Å²) in [6.45, 7) is 4.10. The molecular formula is C14H22N8. The van der Waals surface area contributed by atoms with Crippen LogP contribution in [0.15, 0.2) is 0 Å². The SMILES string of the molecule is CCn1c(Cc2nn[nH]n2)nnc1N1CCCC2CCCC21. The van der Waals surface area contributed by atoms with Gasteiger partial charge in [0.05, 0.1) is 6.42 Å². The summed E-state index contributed by atoms with van der Waals surface area (Å²) in [5.41, 5.74) is 0. The van der Waals surface area contributed by atoms with Gasteiger partial charge in [-0.25, -0.2) is 0 Å². The van der Waals surface area contributed by atoms with Crippen LogP contribution >= 0.6 is 0 Å². The third-order valence-corrected chi connectivity index (χ3v) is 5.08. The zero-order valence-corrected chi connectivity index (χ0v) is 12.9. The first-order valence-corrected chi connectivity index (χ1v) is 8.28. The summed E-state index contributed by atoms with van der Waals surface area (Å²) in [5.74, 6) is 3.44. The molecular weight excluding hydrogens is 280 g/mol. The minimum atomic E-state index is 0.569. The van der Waals surface area contributed by atoms with Crippen molar-refractivity contribution >= 4 is 5.95 Å². The van der Waals surface area contributed by atoms with E-state index in [1.807, 2.05) is 0 Å². The van der Waals surface area contributed by atoms with E-state index in [2.05, 4.69) is 47.2 Å². The van der Waals surface area contributed by atoms with Crippen molar-refractivity contribution in [3.8, 4) is 0 Å². The van der Waals surface area contributed by atoms with Gasteiger partial charge in [-0.05, 0) is 38.5 Å². The van der Waals surface area contributed by atoms with E-state index in [4.69, 9.17) is 0 Å². The highest BCUT2D eigenvalue weighted by atomic mass is 15.5. The van der Waals surface area contributed by atoms with Gasteiger partial charge in [0.1, 0.15) is 5.82 Å². The Kier molecular flexibility index (Phi) is 3.51. The minimum Gasteiger partial charge on any atom is -0.338 e. The molecule has 1 aliphatic heterocycles. The van der Waals surface area contributed by atoms with Crippen LogP contribution in [-0.4, -0.2) is 48.0 Å². The molecule has 1 aliphatic carbocycles. The second kappa shape index (κ2) is 5.66. The molecule has 2 aromatic rings. The first-order chi connectivity index (χ1) is 10.9. The molecule has 1 saturated carbocycles. The van der Waals surface area contributed by atoms with Crippen molar-refractivity contribution in [2.45, 2.75) is 58.0 Å². The average molecular weight is 302 g/mol. The maximum atomic E-state index is 4.50. The molecule has 2 atom stereocenters. The highest BCUT2D eigenvalue weighted by molar-refractivity contribution is 5.35. The monoisotopic (exact) mass is 302 g/mol. The zero-order valence-electron chi connectivity index (χ0n) is 12.9. The Morgan fingerprint density at radius 2 is 2.05 bits per heavy atom. The largest absolute Gasteiger partial charge is 0.338 e. The molecule has 3 heterocycles. The van der Waals surface area contributed by atoms with Crippen molar-refractivity contribution < 1.29 is 0 Å². The van der Waals surface area contributed by atoms with Crippen LogP contribution in [0.25, 0.3) is 0 Å². The van der Waals surface area contributed by atoms with E-state index in [1.165, 1.54) is 32.1 Å². The quantitative estimate of drug-likeness (QED) is 0.912. The second-order valence-corrected chi connectivity index (χ2v) is 6.26. The Labute approximate surface area is 129 Å². The number of nitrogens with zero attached hydrogens (tertiary/aromatic N) is 7. The van der Waals surface area contributed by atoms with Crippen LogP contribution in [0, 0.1) is 5.92 Å². The Balaban J connectivity index is 1.62. The first kappa shape index (κ1) is 13.7. The smallest absolute Gasteiger partial charge is 0.227 e. The topological polar surface area (TPSA) is 88.4 Å². The first-order valence-electron chi connectivity index (χ1n) is 8.28. The number of fused-ring (bicyclic) bond motifs is 1. The maximum absolute atomic E-state index is 4.50. The van der Waals surface area contributed by atoms with E-state index in [1.54, 1.807) is 0 Å². The number of H-pyrrole nitrogens is 1. The molecule has 8 nitrogen and oxygen atoms in total. The fourth-order valence-corrected chi connectivity index (χ4v) is 4.09. The van der Waals surface area contributed by atoms with Gasteiger partial charge in [-0.3, -0.25) is 4.57 Å². The predicted molar refractivity (Wildman–Crippen MR) is 80.4 cm³/mol. The molecule has 2 aliphatic rings. The van der Waals surface area contributed by atoms with Gasteiger partial charge in [-0.15, -0.1) is 20.4 Å². The van der Waals surface area contributed by atoms with Crippen LogP contribution in [0.2, 0.25) is 0 Å². The highest BCUT2D eigenvalue weighted by Crippen LogP contribution is 2.38. The van der Waals surface area contributed by atoms with E-state index >= 15 is 0 Å². The Morgan fingerprint density at radius 1 is 1.14 bits per heavy atom. The fourth-order valence-electron chi connectivity index (χ4n) is 4.09. The van der Waals surface area contributed by atoms with Crippen LogP contribution in [0.5, 0.6) is 0 Å². The van der Waals surface area contributed by atoms with Crippen molar-refractivity contribution in [2.75, 3.05) is 11.4 Å². The zero-order chi connectivity index (χ0) is 14.9. The molecule has 1 saturated heterocycles. The molecule has 0 spiro atoms. The lowest BCUT2D eigenvalue weighted by atomic mass is 9.92. The van der Waals surface area contributed by atoms with Crippen LogP contribution < -0.4 is 4.90 Å². The summed E-state index contributed by atoms with van der Waals surface area (Å²) in [6, 6.07) is 0.654. The van der Waals surface area contributed by atoms with Crippen LogP contribution in [0.4, 0.5) is 5.95 Å². The summed E-state index contributed by atoms with van der Waals surface area (Å²) in [6.07, 6.45) is 7.22. The van der Waals surface area contributed by atoms with E-state index in [0.29, 0.717) is 18.3 Å². The number of tetrazole rings is 1. The number of hydrogen-bond acceptors (Lipinski definition) is 6. The third kappa shape index (κ3) is 2.26. The molecule has 0 aromatic carbocycles. The minimum absolute atomic E-state index is 0.569. The molecule has 2 fully saturated rings. The Morgan fingerprint density at radius 3 is 2.86 bits per heavy atom. The highest BCUT2D eigenvalue weighted by Gasteiger charge is 2.37. The second-order valence-electron chi connectivity index (χ2n) is 6.26. The van der Waals surface area contributed by atoms with Gasteiger partial charge in [-0.1, -0.05) is 11.6 Å². The van der Waals surface area contributed by atoms with Gasteiger partial charge in [0.25, 0.3) is 0 Å². The lowest BCUT2D eigenvalue weighted by molar-refractivity contribution is 0.355. The van der Waals surface area contributed by atoms with Crippen LogP contribution in [-0.2, 0) is 13.0 Å². The summed E-state index contributed by atoms with van der Waals surface area (Å²) in [5, 5.41) is 23.0. The molecule has 2 aromatic heterocycles. The summed E-state index contributed by atoms with van der Waals surface area (Å²) >= 11 is 0. The van der Waals surface area contributed by atoms with Crippen LogP contribution in [0.3, 0.4) is 0 Å². The van der Waals surface area contributed by atoms with Gasteiger partial charge >= 0.3 is 0 Å². The van der Waals surface area contributed by atoms with Gasteiger partial charge in [0.2, 0.25) is 5.95 Å². The number of hydrogen-bond donors (Lipinski definition) is 1. The number of nitrogens with one attached hydrogen (secondary N) is 1. The predicted octanol–water partition coefficient (Wildman–Crippen LogP) is 1.17. The molecule has 0 amide bonds. The molecule has 4 rings (SSSR count). The maximum Gasteiger partial charge on any atom is 0.227 e. The van der Waals surface area contributed by atoms with Crippen LogP contribution in [0.1, 0.15) is 50.7 Å². The van der Waals surface area contributed by atoms with Crippen molar-refractivity contribution in [1.82, 2.24) is 35.4 Å². The molecule has 0 bridgehead atoms. The van der Waals surface area contributed by atoms with Crippen molar-refractivity contribution in [3.05, 3.63) is 11.6 Å². The lowest BCUT2D eigenvalue weighted by Gasteiger charge is -2.38. The van der Waals surface area contributed by atoms with Gasteiger partial charge < -0.3 is 4.90 Å². The van der Waals surface area contributed by atoms with E-state index in [0.717, 1.165) is 30.8 Å². The number of anilines is 1. The van der Waals surface area contributed by atoms with E-state index in [9.17, 15) is 0 Å². The number of aromatic amines is 1. The number of piperidine rings is 1. The van der Waals surface area contributed by atoms with Crippen molar-refractivity contribution in [1.29, 1.82) is 0 Å². The van der Waals surface area contributed by atoms with E-state index < -0.39 is 0 Å². The molecule has 1 N–H and O–H groups in total. The number of aromatic nitrogens is 7. The Bertz CT molecular complexity index is 619. The average Bonchev–Trinajstić information content (AvgIpc) is 3.27.